The molecule has 23 heavy (non-hydrogen) atoms. The van der Waals surface area contributed by atoms with E-state index in [0.29, 0.717) is 12.4 Å². The van der Waals surface area contributed by atoms with Crippen molar-refractivity contribution in [2.75, 3.05) is 24.7 Å². The van der Waals surface area contributed by atoms with Crippen LogP contribution in [0.25, 0.3) is 0 Å². The Morgan fingerprint density at radius 2 is 2.09 bits per heavy atom. The molecule has 1 spiro atoms. The summed E-state index contributed by atoms with van der Waals surface area (Å²) in [5.41, 5.74) is 0.516. The molecule has 2 fully saturated rings. The minimum Gasteiger partial charge on any atom is -0.389 e. The number of hydrogen-bond donors (Lipinski definition) is 1. The van der Waals surface area contributed by atoms with Crippen molar-refractivity contribution in [2.24, 2.45) is 5.41 Å². The van der Waals surface area contributed by atoms with Crippen molar-refractivity contribution >= 4 is 23.6 Å². The standard InChI is InChI=1S/C17H21NO4S/c19-14(11-22-10-13-4-2-1-3-5-13)9-18-15(20)8-17(16(18)21)6-7-23-12-17/h1-5,14,19H,6-12H2/t14-,17-/m0/s1. The van der Waals surface area contributed by atoms with Gasteiger partial charge in [0.2, 0.25) is 11.8 Å². The molecule has 0 saturated carbocycles. The smallest absolute Gasteiger partial charge is 0.236 e. The maximum atomic E-state index is 12.5. The summed E-state index contributed by atoms with van der Waals surface area (Å²) in [4.78, 5) is 25.9. The lowest BCUT2D eigenvalue weighted by Gasteiger charge is -2.22. The third kappa shape index (κ3) is 3.59. The molecule has 0 radical (unpaired) electrons. The maximum absolute atomic E-state index is 12.5. The SMILES string of the molecule is O=C1C[C@]2(CCSC2)C(=O)N1C[C@H](O)COCc1ccccc1. The Balaban J connectivity index is 1.49. The van der Waals surface area contributed by atoms with E-state index >= 15 is 0 Å². The number of carbonyl (C=O) groups is 2. The summed E-state index contributed by atoms with van der Waals surface area (Å²) >= 11 is 1.72. The van der Waals surface area contributed by atoms with Crippen LogP contribution in [0, 0.1) is 5.41 Å². The molecular formula is C17H21NO4S. The molecule has 2 atom stereocenters. The number of β-amino-alcohol motifs (C(OH)–C–C–N with tert-alkyl or cyclic N) is 1. The fraction of sp³-hybridized carbons (Fsp3) is 0.529. The fourth-order valence-electron chi connectivity index (χ4n) is 3.11. The van der Waals surface area contributed by atoms with Crippen LogP contribution in [0.5, 0.6) is 0 Å². The Labute approximate surface area is 140 Å². The molecule has 0 aliphatic carbocycles. The molecule has 3 rings (SSSR count). The molecule has 0 bridgehead atoms. The third-order valence-corrected chi connectivity index (χ3v) is 5.66. The average molecular weight is 335 g/mol. The number of benzene rings is 1. The predicted molar refractivity (Wildman–Crippen MR) is 87.8 cm³/mol. The minimum atomic E-state index is -0.851. The Morgan fingerprint density at radius 1 is 1.30 bits per heavy atom. The van der Waals surface area contributed by atoms with Gasteiger partial charge in [0, 0.05) is 12.2 Å². The summed E-state index contributed by atoms with van der Waals surface area (Å²) in [5, 5.41) is 10.1. The van der Waals surface area contributed by atoms with Gasteiger partial charge in [0.15, 0.2) is 0 Å². The van der Waals surface area contributed by atoms with Gasteiger partial charge in [-0.15, -0.1) is 0 Å². The summed E-state index contributed by atoms with van der Waals surface area (Å²) in [6.07, 6.45) is 0.200. The Kier molecular flexibility index (Phi) is 5.04. The van der Waals surface area contributed by atoms with Crippen LogP contribution < -0.4 is 0 Å². The zero-order valence-corrected chi connectivity index (χ0v) is 13.8. The first kappa shape index (κ1) is 16.5. The molecule has 0 unspecified atom stereocenters. The van der Waals surface area contributed by atoms with E-state index in [0.717, 1.165) is 17.7 Å². The normalized spacial score (nSPS) is 25.5. The number of likely N-dealkylation sites (tertiary alicyclic amines) is 1. The van der Waals surface area contributed by atoms with E-state index in [1.54, 1.807) is 11.8 Å². The predicted octanol–water partition coefficient (Wildman–Crippen LogP) is 1.45. The van der Waals surface area contributed by atoms with Gasteiger partial charge in [0.05, 0.1) is 31.3 Å². The van der Waals surface area contributed by atoms with E-state index in [2.05, 4.69) is 0 Å². The van der Waals surface area contributed by atoms with Gasteiger partial charge in [-0.3, -0.25) is 14.5 Å². The molecule has 2 amide bonds. The monoisotopic (exact) mass is 335 g/mol. The molecule has 5 nitrogen and oxygen atoms in total. The number of imide groups is 1. The van der Waals surface area contributed by atoms with E-state index < -0.39 is 11.5 Å². The van der Waals surface area contributed by atoms with Gasteiger partial charge in [0.1, 0.15) is 0 Å². The minimum absolute atomic E-state index is 0.0267. The van der Waals surface area contributed by atoms with Crippen LogP contribution in [0.1, 0.15) is 18.4 Å². The summed E-state index contributed by atoms with van der Waals surface area (Å²) in [6.45, 7) is 0.535. The molecule has 6 heteroatoms. The quantitative estimate of drug-likeness (QED) is 0.797. The Morgan fingerprint density at radius 3 is 2.78 bits per heavy atom. The molecule has 1 aromatic carbocycles. The van der Waals surface area contributed by atoms with E-state index in [1.807, 2.05) is 30.3 Å². The van der Waals surface area contributed by atoms with E-state index in [9.17, 15) is 14.7 Å². The number of carbonyl (C=O) groups excluding carboxylic acids is 2. The number of amides is 2. The number of aliphatic hydroxyl groups is 1. The van der Waals surface area contributed by atoms with Crippen molar-refractivity contribution in [3.63, 3.8) is 0 Å². The van der Waals surface area contributed by atoms with Crippen LogP contribution in [0.2, 0.25) is 0 Å². The van der Waals surface area contributed by atoms with Crippen LogP contribution in [-0.2, 0) is 20.9 Å². The summed E-state index contributed by atoms with van der Waals surface area (Å²) in [7, 11) is 0. The maximum Gasteiger partial charge on any atom is 0.236 e. The first-order valence-corrected chi connectivity index (χ1v) is 8.98. The van der Waals surface area contributed by atoms with Gasteiger partial charge in [-0.05, 0) is 17.7 Å². The van der Waals surface area contributed by atoms with Gasteiger partial charge >= 0.3 is 0 Å². The highest BCUT2D eigenvalue weighted by Crippen LogP contribution is 2.44. The second kappa shape index (κ2) is 7.03. The van der Waals surface area contributed by atoms with Crippen molar-refractivity contribution < 1.29 is 19.4 Å². The summed E-state index contributed by atoms with van der Waals surface area (Å²) in [6, 6.07) is 9.68. The fourth-order valence-corrected chi connectivity index (χ4v) is 4.55. The van der Waals surface area contributed by atoms with Crippen LogP contribution in [-0.4, -0.2) is 52.6 Å². The third-order valence-electron chi connectivity index (χ3n) is 4.41. The number of ether oxygens (including phenoxy) is 1. The number of aliphatic hydroxyl groups excluding tert-OH is 1. The summed E-state index contributed by atoms with van der Waals surface area (Å²) < 4.78 is 5.48. The lowest BCUT2D eigenvalue weighted by atomic mass is 9.86. The molecule has 1 N–H and O–H groups in total. The highest BCUT2D eigenvalue weighted by Gasteiger charge is 2.53. The van der Waals surface area contributed by atoms with Crippen molar-refractivity contribution in [3.05, 3.63) is 35.9 Å². The van der Waals surface area contributed by atoms with Crippen LogP contribution in [0.3, 0.4) is 0 Å². The summed E-state index contributed by atoms with van der Waals surface area (Å²) in [5.74, 6) is 1.36. The average Bonchev–Trinajstić information content (AvgIpc) is 3.10. The van der Waals surface area contributed by atoms with Crippen LogP contribution >= 0.6 is 11.8 Å². The second-order valence-electron chi connectivity index (χ2n) is 6.22. The molecule has 2 aliphatic rings. The highest BCUT2D eigenvalue weighted by atomic mass is 32.2. The van der Waals surface area contributed by atoms with E-state index in [4.69, 9.17) is 4.74 Å². The molecular weight excluding hydrogens is 314 g/mol. The topological polar surface area (TPSA) is 66.8 Å². The molecule has 1 aromatic rings. The number of rotatable bonds is 6. The van der Waals surface area contributed by atoms with Crippen LogP contribution in [0.4, 0.5) is 0 Å². The van der Waals surface area contributed by atoms with Crippen molar-refractivity contribution in [1.29, 1.82) is 0 Å². The first-order chi connectivity index (χ1) is 11.1. The largest absolute Gasteiger partial charge is 0.389 e. The first-order valence-electron chi connectivity index (χ1n) is 7.83. The zero-order valence-electron chi connectivity index (χ0n) is 12.9. The zero-order chi connectivity index (χ0) is 16.3. The highest BCUT2D eigenvalue weighted by molar-refractivity contribution is 7.99. The van der Waals surface area contributed by atoms with Crippen molar-refractivity contribution in [1.82, 2.24) is 4.90 Å². The lowest BCUT2D eigenvalue weighted by Crippen LogP contribution is -2.41. The van der Waals surface area contributed by atoms with Gasteiger partial charge < -0.3 is 9.84 Å². The van der Waals surface area contributed by atoms with Gasteiger partial charge in [-0.25, -0.2) is 0 Å². The molecule has 2 saturated heterocycles. The Hall–Kier alpha value is -1.37. The van der Waals surface area contributed by atoms with Gasteiger partial charge in [0.25, 0.3) is 0 Å². The Bertz CT molecular complexity index is 571. The number of thioether (sulfide) groups is 1. The lowest BCUT2D eigenvalue weighted by molar-refractivity contribution is -0.143. The van der Waals surface area contributed by atoms with Crippen molar-refractivity contribution in [2.45, 2.75) is 25.6 Å². The molecule has 2 heterocycles. The van der Waals surface area contributed by atoms with Crippen LogP contribution in [0.15, 0.2) is 30.3 Å². The van der Waals surface area contributed by atoms with Gasteiger partial charge in [-0.2, -0.15) is 11.8 Å². The number of hydrogen-bond acceptors (Lipinski definition) is 5. The molecule has 2 aliphatic heterocycles. The molecule has 124 valence electrons. The van der Waals surface area contributed by atoms with Crippen molar-refractivity contribution in [3.8, 4) is 0 Å². The number of nitrogens with zero attached hydrogens (tertiary/aromatic N) is 1. The van der Waals surface area contributed by atoms with E-state index in [-0.39, 0.29) is 31.4 Å². The van der Waals surface area contributed by atoms with Gasteiger partial charge in [-0.1, -0.05) is 30.3 Å². The molecule has 0 aromatic heterocycles. The second-order valence-corrected chi connectivity index (χ2v) is 7.33. The van der Waals surface area contributed by atoms with E-state index in [1.165, 1.54) is 4.90 Å².